The lowest BCUT2D eigenvalue weighted by molar-refractivity contribution is -0.118. The fraction of sp³-hybridized carbons (Fsp3) is 0.278. The topological polar surface area (TPSA) is 56.8 Å². The monoisotopic (exact) mass is 315 g/mol. The Morgan fingerprint density at radius 2 is 1.91 bits per heavy atom. The zero-order chi connectivity index (χ0) is 16.7. The van der Waals surface area contributed by atoms with Crippen LogP contribution in [0.2, 0.25) is 0 Å². The molecule has 5 heteroatoms. The molecule has 0 fully saturated rings. The van der Waals surface area contributed by atoms with Gasteiger partial charge in [0.15, 0.2) is 18.1 Å². The molecule has 2 aromatic rings. The Morgan fingerprint density at radius 3 is 2.61 bits per heavy atom. The Kier molecular flexibility index (Phi) is 5.86. The van der Waals surface area contributed by atoms with Crippen molar-refractivity contribution in [1.82, 2.24) is 0 Å². The maximum atomic E-state index is 12.0. The number of nitrogens with one attached hydrogen (secondary N) is 1. The third-order valence-corrected chi connectivity index (χ3v) is 3.11. The highest BCUT2D eigenvalue weighted by Gasteiger charge is 2.08. The van der Waals surface area contributed by atoms with Crippen LogP contribution >= 0.6 is 0 Å². The maximum absolute atomic E-state index is 12.0. The average Bonchev–Trinajstić information content (AvgIpc) is 2.54. The summed E-state index contributed by atoms with van der Waals surface area (Å²) in [5.74, 6) is 1.65. The van der Waals surface area contributed by atoms with Gasteiger partial charge in [-0.15, -0.1) is 0 Å². The molecule has 0 aromatic heterocycles. The maximum Gasteiger partial charge on any atom is 0.262 e. The van der Waals surface area contributed by atoms with E-state index in [9.17, 15) is 4.79 Å². The number of amides is 1. The molecule has 2 aromatic carbocycles. The number of ether oxygens (including phenoxy) is 3. The fourth-order valence-electron chi connectivity index (χ4n) is 2.07. The number of benzene rings is 2. The first-order valence-electron chi connectivity index (χ1n) is 7.42. The summed E-state index contributed by atoms with van der Waals surface area (Å²) >= 11 is 0. The van der Waals surface area contributed by atoms with E-state index >= 15 is 0 Å². The Labute approximate surface area is 136 Å². The van der Waals surface area contributed by atoms with E-state index in [1.54, 1.807) is 25.3 Å². The van der Waals surface area contributed by atoms with Crippen LogP contribution in [-0.4, -0.2) is 26.2 Å². The summed E-state index contributed by atoms with van der Waals surface area (Å²) in [5.41, 5.74) is 1.71. The second-order valence-corrected chi connectivity index (χ2v) is 4.95. The zero-order valence-electron chi connectivity index (χ0n) is 13.6. The van der Waals surface area contributed by atoms with Gasteiger partial charge in [0, 0.05) is 11.8 Å². The summed E-state index contributed by atoms with van der Waals surface area (Å²) in [7, 11) is 1.56. The largest absolute Gasteiger partial charge is 0.493 e. The number of carbonyl (C=O) groups is 1. The highest BCUT2D eigenvalue weighted by atomic mass is 16.5. The third kappa shape index (κ3) is 4.92. The van der Waals surface area contributed by atoms with Gasteiger partial charge < -0.3 is 19.5 Å². The normalized spacial score (nSPS) is 10.0. The molecule has 0 saturated carbocycles. The van der Waals surface area contributed by atoms with Gasteiger partial charge in [0.05, 0.1) is 13.7 Å². The van der Waals surface area contributed by atoms with Crippen LogP contribution in [0.15, 0.2) is 42.5 Å². The Hall–Kier alpha value is -2.69. The molecular weight excluding hydrogens is 294 g/mol. The molecule has 1 amide bonds. The molecule has 0 aliphatic heterocycles. The molecule has 0 spiro atoms. The smallest absolute Gasteiger partial charge is 0.262 e. The van der Waals surface area contributed by atoms with Crippen molar-refractivity contribution in [3.8, 4) is 17.2 Å². The Bertz CT molecular complexity index is 670. The van der Waals surface area contributed by atoms with Crippen molar-refractivity contribution in [2.24, 2.45) is 0 Å². The van der Waals surface area contributed by atoms with E-state index in [0.717, 1.165) is 5.56 Å². The molecule has 0 bridgehead atoms. The van der Waals surface area contributed by atoms with Crippen molar-refractivity contribution in [3.63, 3.8) is 0 Å². The summed E-state index contributed by atoms with van der Waals surface area (Å²) in [6, 6.07) is 12.8. The van der Waals surface area contributed by atoms with Crippen LogP contribution < -0.4 is 19.5 Å². The third-order valence-electron chi connectivity index (χ3n) is 3.11. The quantitative estimate of drug-likeness (QED) is 0.850. The van der Waals surface area contributed by atoms with Crippen molar-refractivity contribution >= 4 is 11.6 Å². The molecule has 23 heavy (non-hydrogen) atoms. The van der Waals surface area contributed by atoms with Gasteiger partial charge in [0.2, 0.25) is 0 Å². The second kappa shape index (κ2) is 8.08. The number of aryl methyl sites for hydroxylation is 1. The first-order chi connectivity index (χ1) is 11.1. The lowest BCUT2D eigenvalue weighted by atomic mass is 10.2. The average molecular weight is 315 g/mol. The van der Waals surface area contributed by atoms with Crippen LogP contribution in [0, 0.1) is 6.92 Å². The molecular formula is C18H21NO4. The van der Waals surface area contributed by atoms with Crippen LogP contribution in [0.4, 0.5) is 5.69 Å². The Morgan fingerprint density at radius 1 is 1.09 bits per heavy atom. The van der Waals surface area contributed by atoms with E-state index in [2.05, 4.69) is 5.32 Å². The van der Waals surface area contributed by atoms with E-state index in [1.807, 2.05) is 38.1 Å². The van der Waals surface area contributed by atoms with E-state index in [-0.39, 0.29) is 12.5 Å². The number of rotatable bonds is 7. The summed E-state index contributed by atoms with van der Waals surface area (Å²) in [4.78, 5) is 12.0. The minimum atomic E-state index is -0.238. The number of hydrogen-bond donors (Lipinski definition) is 1. The number of methoxy groups -OCH3 is 1. The molecule has 5 nitrogen and oxygen atoms in total. The van der Waals surface area contributed by atoms with Crippen LogP contribution in [0.25, 0.3) is 0 Å². The van der Waals surface area contributed by atoms with Crippen LogP contribution in [0.5, 0.6) is 17.2 Å². The summed E-state index contributed by atoms with van der Waals surface area (Å²) in [6.45, 7) is 4.36. The number of anilines is 1. The molecule has 0 heterocycles. The van der Waals surface area contributed by atoms with Crippen LogP contribution in [-0.2, 0) is 4.79 Å². The number of carbonyl (C=O) groups excluding carboxylic acids is 1. The summed E-state index contributed by atoms with van der Waals surface area (Å²) in [5, 5.41) is 2.77. The fourth-order valence-corrected chi connectivity index (χ4v) is 2.07. The van der Waals surface area contributed by atoms with Gasteiger partial charge in [-0.25, -0.2) is 0 Å². The zero-order valence-corrected chi connectivity index (χ0v) is 13.6. The minimum absolute atomic E-state index is 0.0566. The van der Waals surface area contributed by atoms with Gasteiger partial charge in [-0.3, -0.25) is 4.79 Å². The van der Waals surface area contributed by atoms with E-state index in [0.29, 0.717) is 29.5 Å². The second-order valence-electron chi connectivity index (χ2n) is 4.95. The molecule has 0 aliphatic carbocycles. The lowest BCUT2D eigenvalue weighted by Crippen LogP contribution is -2.20. The van der Waals surface area contributed by atoms with Crippen molar-refractivity contribution in [3.05, 3.63) is 48.0 Å². The molecule has 2 rings (SSSR count). The number of hydrogen-bond acceptors (Lipinski definition) is 4. The molecule has 122 valence electrons. The van der Waals surface area contributed by atoms with Gasteiger partial charge >= 0.3 is 0 Å². The first kappa shape index (κ1) is 16.7. The predicted molar refractivity (Wildman–Crippen MR) is 89.5 cm³/mol. The van der Waals surface area contributed by atoms with Crippen LogP contribution in [0.1, 0.15) is 12.5 Å². The standard InChI is InChI=1S/C18H21NO4/c1-4-22-16-9-8-14(11-17(16)21-3)19-18(20)12-23-15-7-5-6-13(2)10-15/h5-11H,4,12H2,1-3H3,(H,19,20). The molecule has 1 N–H and O–H groups in total. The molecule has 0 atom stereocenters. The molecule has 0 aliphatic rings. The Balaban J connectivity index is 1.94. The predicted octanol–water partition coefficient (Wildman–Crippen LogP) is 3.42. The van der Waals surface area contributed by atoms with Gasteiger partial charge in [0.1, 0.15) is 5.75 Å². The van der Waals surface area contributed by atoms with Crippen molar-refractivity contribution in [1.29, 1.82) is 0 Å². The van der Waals surface area contributed by atoms with E-state index in [4.69, 9.17) is 14.2 Å². The molecule has 0 unspecified atom stereocenters. The van der Waals surface area contributed by atoms with Crippen molar-refractivity contribution in [2.45, 2.75) is 13.8 Å². The van der Waals surface area contributed by atoms with E-state index in [1.165, 1.54) is 0 Å². The van der Waals surface area contributed by atoms with Crippen molar-refractivity contribution in [2.75, 3.05) is 25.6 Å². The summed E-state index contributed by atoms with van der Waals surface area (Å²) in [6.07, 6.45) is 0. The summed E-state index contributed by atoms with van der Waals surface area (Å²) < 4.78 is 16.2. The van der Waals surface area contributed by atoms with Gasteiger partial charge in [-0.05, 0) is 43.7 Å². The SMILES string of the molecule is CCOc1ccc(NC(=O)COc2cccc(C)c2)cc1OC. The van der Waals surface area contributed by atoms with Gasteiger partial charge in [-0.2, -0.15) is 0 Å². The lowest BCUT2D eigenvalue weighted by Gasteiger charge is -2.12. The van der Waals surface area contributed by atoms with Gasteiger partial charge in [0.25, 0.3) is 5.91 Å². The van der Waals surface area contributed by atoms with Crippen molar-refractivity contribution < 1.29 is 19.0 Å². The molecule has 0 saturated heterocycles. The van der Waals surface area contributed by atoms with Gasteiger partial charge in [-0.1, -0.05) is 12.1 Å². The highest BCUT2D eigenvalue weighted by molar-refractivity contribution is 5.92. The molecule has 0 radical (unpaired) electrons. The van der Waals surface area contributed by atoms with Crippen LogP contribution in [0.3, 0.4) is 0 Å². The highest BCUT2D eigenvalue weighted by Crippen LogP contribution is 2.30. The first-order valence-corrected chi connectivity index (χ1v) is 7.42. The minimum Gasteiger partial charge on any atom is -0.493 e. The van der Waals surface area contributed by atoms with E-state index < -0.39 is 0 Å².